The molecule has 0 bridgehead atoms. The third-order valence-corrected chi connectivity index (χ3v) is 2.43. The molecule has 0 atom stereocenters. The van der Waals surface area contributed by atoms with Crippen LogP contribution in [0.4, 0.5) is 5.69 Å². The van der Waals surface area contributed by atoms with Crippen molar-refractivity contribution in [2.24, 2.45) is 0 Å². The maximum Gasteiger partial charge on any atom is 0.252 e. The van der Waals surface area contributed by atoms with Crippen LogP contribution in [0.3, 0.4) is 0 Å². The van der Waals surface area contributed by atoms with Crippen LogP contribution in [0.25, 0.3) is 0 Å². The normalized spacial score (nSPS) is 9.86. The highest BCUT2D eigenvalue weighted by Crippen LogP contribution is 2.19. The topological polar surface area (TPSA) is 55.1 Å². The lowest BCUT2D eigenvalue weighted by Crippen LogP contribution is -2.24. The summed E-state index contributed by atoms with van der Waals surface area (Å²) in [6.07, 6.45) is 0.929. The summed E-state index contributed by atoms with van der Waals surface area (Å²) in [5.74, 6) is -0.0706. The Morgan fingerprint density at radius 1 is 1.57 bits per heavy atom. The molecule has 1 rings (SSSR count). The molecule has 0 aliphatic heterocycles. The first-order valence-electron chi connectivity index (χ1n) is 4.48. The van der Waals surface area contributed by atoms with E-state index in [0.717, 1.165) is 10.9 Å². The molecule has 0 aliphatic rings. The van der Waals surface area contributed by atoms with Gasteiger partial charge < -0.3 is 11.1 Å². The van der Waals surface area contributed by atoms with Crippen LogP contribution < -0.4 is 11.1 Å². The van der Waals surface area contributed by atoms with Crippen molar-refractivity contribution in [3.63, 3.8) is 0 Å². The summed E-state index contributed by atoms with van der Waals surface area (Å²) in [6.45, 7) is 2.70. The lowest BCUT2D eigenvalue weighted by molar-refractivity contribution is 0.0953. The first kappa shape index (κ1) is 11.0. The quantitative estimate of drug-likeness (QED) is 0.815. The van der Waals surface area contributed by atoms with Crippen LogP contribution in [0.5, 0.6) is 0 Å². The SMILES string of the molecule is CCCNC(=O)c1ccc(N)cc1Br. The lowest BCUT2D eigenvalue weighted by atomic mass is 10.2. The van der Waals surface area contributed by atoms with E-state index in [1.165, 1.54) is 0 Å². The Kier molecular flexibility index (Phi) is 3.95. The summed E-state index contributed by atoms with van der Waals surface area (Å²) in [5, 5.41) is 2.80. The van der Waals surface area contributed by atoms with Crippen LogP contribution in [0, 0.1) is 0 Å². The van der Waals surface area contributed by atoms with Crippen molar-refractivity contribution in [1.29, 1.82) is 0 Å². The monoisotopic (exact) mass is 256 g/mol. The Labute approximate surface area is 91.8 Å². The predicted octanol–water partition coefficient (Wildman–Crippen LogP) is 2.17. The summed E-state index contributed by atoms with van der Waals surface area (Å²) >= 11 is 3.30. The van der Waals surface area contributed by atoms with Crippen molar-refractivity contribution in [2.45, 2.75) is 13.3 Å². The highest BCUT2D eigenvalue weighted by atomic mass is 79.9. The third-order valence-electron chi connectivity index (χ3n) is 1.77. The number of amides is 1. The Morgan fingerprint density at radius 2 is 2.29 bits per heavy atom. The molecule has 0 unspecified atom stereocenters. The van der Waals surface area contributed by atoms with Crippen molar-refractivity contribution in [3.8, 4) is 0 Å². The smallest absolute Gasteiger partial charge is 0.252 e. The number of anilines is 1. The molecule has 0 fully saturated rings. The molecule has 1 aromatic rings. The van der Waals surface area contributed by atoms with Gasteiger partial charge in [-0.3, -0.25) is 4.79 Å². The van der Waals surface area contributed by atoms with Gasteiger partial charge in [0.15, 0.2) is 0 Å². The molecule has 0 aliphatic carbocycles. The highest BCUT2D eigenvalue weighted by Gasteiger charge is 2.08. The fraction of sp³-hybridized carbons (Fsp3) is 0.300. The molecule has 0 heterocycles. The summed E-state index contributed by atoms with van der Waals surface area (Å²) in [4.78, 5) is 11.6. The van der Waals surface area contributed by atoms with E-state index in [0.29, 0.717) is 17.8 Å². The van der Waals surface area contributed by atoms with Crippen LogP contribution in [0.2, 0.25) is 0 Å². The summed E-state index contributed by atoms with van der Waals surface area (Å²) in [5.41, 5.74) is 6.83. The van der Waals surface area contributed by atoms with Gasteiger partial charge in [0.1, 0.15) is 0 Å². The van der Waals surface area contributed by atoms with Crippen molar-refractivity contribution in [3.05, 3.63) is 28.2 Å². The Balaban J connectivity index is 2.80. The van der Waals surface area contributed by atoms with Crippen LogP contribution in [-0.2, 0) is 0 Å². The number of carbonyl (C=O) groups is 1. The van der Waals surface area contributed by atoms with Crippen LogP contribution in [0.1, 0.15) is 23.7 Å². The van der Waals surface area contributed by atoms with Gasteiger partial charge in [-0.15, -0.1) is 0 Å². The van der Waals surface area contributed by atoms with Crippen molar-refractivity contribution in [2.75, 3.05) is 12.3 Å². The zero-order chi connectivity index (χ0) is 10.6. The van der Waals surface area contributed by atoms with Gasteiger partial charge in [0.05, 0.1) is 5.56 Å². The van der Waals surface area contributed by atoms with E-state index < -0.39 is 0 Å². The molecule has 3 N–H and O–H groups in total. The minimum absolute atomic E-state index is 0.0706. The second-order valence-corrected chi connectivity index (χ2v) is 3.85. The standard InChI is InChI=1S/C10H13BrN2O/c1-2-5-13-10(14)8-4-3-7(12)6-9(8)11/h3-4,6H,2,5,12H2,1H3,(H,13,14). The number of rotatable bonds is 3. The van der Waals surface area contributed by atoms with Crippen LogP contribution in [0.15, 0.2) is 22.7 Å². The van der Waals surface area contributed by atoms with Gasteiger partial charge in [-0.1, -0.05) is 6.92 Å². The van der Waals surface area contributed by atoms with Crippen LogP contribution >= 0.6 is 15.9 Å². The molecule has 0 saturated heterocycles. The van der Waals surface area contributed by atoms with E-state index in [1.54, 1.807) is 18.2 Å². The molecule has 1 aromatic carbocycles. The molecular weight excluding hydrogens is 244 g/mol. The van der Waals surface area contributed by atoms with Gasteiger partial charge in [-0.25, -0.2) is 0 Å². The van der Waals surface area contributed by atoms with Gasteiger partial charge in [0.2, 0.25) is 0 Å². The second kappa shape index (κ2) is 5.00. The Morgan fingerprint density at radius 3 is 2.86 bits per heavy atom. The first-order valence-corrected chi connectivity index (χ1v) is 5.27. The Hall–Kier alpha value is -1.03. The maximum atomic E-state index is 11.6. The molecule has 76 valence electrons. The fourth-order valence-corrected chi connectivity index (χ4v) is 1.63. The molecule has 14 heavy (non-hydrogen) atoms. The van der Waals surface area contributed by atoms with Crippen LogP contribution in [-0.4, -0.2) is 12.5 Å². The minimum Gasteiger partial charge on any atom is -0.399 e. The van der Waals surface area contributed by atoms with E-state index in [1.807, 2.05) is 6.92 Å². The predicted molar refractivity (Wildman–Crippen MR) is 61.2 cm³/mol. The fourth-order valence-electron chi connectivity index (χ4n) is 1.05. The van der Waals surface area contributed by atoms with E-state index in [9.17, 15) is 4.79 Å². The molecule has 0 spiro atoms. The average Bonchev–Trinajstić information content (AvgIpc) is 2.14. The number of nitrogens with one attached hydrogen (secondary N) is 1. The lowest BCUT2D eigenvalue weighted by Gasteiger charge is -2.05. The number of benzene rings is 1. The van der Waals surface area contributed by atoms with Gasteiger partial charge >= 0.3 is 0 Å². The largest absolute Gasteiger partial charge is 0.399 e. The Bertz CT molecular complexity index is 339. The average molecular weight is 257 g/mol. The van der Waals surface area contributed by atoms with Gasteiger partial charge in [0.25, 0.3) is 5.91 Å². The molecule has 3 nitrogen and oxygen atoms in total. The van der Waals surface area contributed by atoms with Gasteiger partial charge in [-0.05, 0) is 40.5 Å². The summed E-state index contributed by atoms with van der Waals surface area (Å²) in [7, 11) is 0. The summed E-state index contributed by atoms with van der Waals surface area (Å²) in [6, 6.07) is 5.15. The van der Waals surface area contributed by atoms with Crippen molar-refractivity contribution >= 4 is 27.5 Å². The van der Waals surface area contributed by atoms with Crippen molar-refractivity contribution in [1.82, 2.24) is 5.32 Å². The first-order chi connectivity index (χ1) is 6.65. The van der Waals surface area contributed by atoms with E-state index in [2.05, 4.69) is 21.2 Å². The molecule has 0 radical (unpaired) electrons. The number of hydrogen-bond acceptors (Lipinski definition) is 2. The zero-order valence-electron chi connectivity index (χ0n) is 8.01. The zero-order valence-corrected chi connectivity index (χ0v) is 9.60. The maximum absolute atomic E-state index is 11.6. The highest BCUT2D eigenvalue weighted by molar-refractivity contribution is 9.10. The number of nitrogen functional groups attached to an aromatic ring is 1. The summed E-state index contributed by atoms with van der Waals surface area (Å²) < 4.78 is 0.728. The van der Waals surface area contributed by atoms with Gasteiger partial charge in [-0.2, -0.15) is 0 Å². The number of nitrogens with two attached hydrogens (primary N) is 1. The van der Waals surface area contributed by atoms with E-state index >= 15 is 0 Å². The number of carbonyl (C=O) groups excluding carboxylic acids is 1. The molecule has 1 amide bonds. The van der Waals surface area contributed by atoms with Crippen molar-refractivity contribution < 1.29 is 4.79 Å². The second-order valence-electron chi connectivity index (χ2n) is 3.00. The molecule has 4 heteroatoms. The third kappa shape index (κ3) is 2.73. The molecular formula is C10H13BrN2O. The van der Waals surface area contributed by atoms with Gasteiger partial charge in [0, 0.05) is 16.7 Å². The molecule has 0 saturated carbocycles. The van der Waals surface area contributed by atoms with E-state index in [4.69, 9.17) is 5.73 Å². The van der Waals surface area contributed by atoms with E-state index in [-0.39, 0.29) is 5.91 Å². The molecule has 0 aromatic heterocycles. The number of halogens is 1. The minimum atomic E-state index is -0.0706. The number of hydrogen-bond donors (Lipinski definition) is 2.